The fourth-order valence-corrected chi connectivity index (χ4v) is 4.01. The zero-order valence-electron chi connectivity index (χ0n) is 11.3. The molecule has 0 amide bonds. The zero-order valence-corrected chi connectivity index (χ0v) is 12.1. The first-order chi connectivity index (χ1) is 8.81. The molecule has 2 aliphatic heterocycles. The number of rotatable bonds is 3. The molecule has 2 saturated heterocycles. The van der Waals surface area contributed by atoms with Crippen molar-refractivity contribution in [1.29, 1.82) is 0 Å². The normalized spacial score (nSPS) is 28.7. The van der Waals surface area contributed by atoms with Gasteiger partial charge in [0.1, 0.15) is 5.82 Å². The molecular formula is C13H22N4S. The molecule has 2 fully saturated rings. The molecule has 100 valence electrons. The van der Waals surface area contributed by atoms with Gasteiger partial charge in [-0.05, 0) is 25.8 Å². The molecule has 2 aliphatic rings. The lowest BCUT2D eigenvalue weighted by atomic mass is 10.1. The first-order valence-electron chi connectivity index (χ1n) is 7.15. The highest BCUT2D eigenvalue weighted by Crippen LogP contribution is 2.30. The van der Waals surface area contributed by atoms with Crippen LogP contribution in [0.25, 0.3) is 0 Å². The van der Waals surface area contributed by atoms with Gasteiger partial charge in [0, 0.05) is 43.1 Å². The van der Waals surface area contributed by atoms with Gasteiger partial charge in [-0.25, -0.2) is 4.98 Å². The Kier molecular flexibility index (Phi) is 3.52. The van der Waals surface area contributed by atoms with Gasteiger partial charge in [-0.2, -0.15) is 4.37 Å². The minimum atomic E-state index is 0.622. The summed E-state index contributed by atoms with van der Waals surface area (Å²) in [5, 5.41) is 1.14. The molecule has 0 N–H and O–H groups in total. The van der Waals surface area contributed by atoms with E-state index in [-0.39, 0.29) is 0 Å². The molecule has 0 bridgehead atoms. The van der Waals surface area contributed by atoms with Crippen molar-refractivity contribution in [2.75, 3.05) is 24.5 Å². The van der Waals surface area contributed by atoms with Gasteiger partial charge in [0.05, 0.1) is 0 Å². The molecule has 2 atom stereocenters. The molecule has 18 heavy (non-hydrogen) atoms. The van der Waals surface area contributed by atoms with Crippen molar-refractivity contribution in [3.05, 3.63) is 5.82 Å². The van der Waals surface area contributed by atoms with E-state index in [1.54, 1.807) is 11.5 Å². The van der Waals surface area contributed by atoms with Crippen LogP contribution in [0.4, 0.5) is 5.13 Å². The van der Waals surface area contributed by atoms with Crippen molar-refractivity contribution in [3.63, 3.8) is 0 Å². The minimum absolute atomic E-state index is 0.622. The standard InChI is InChI=1S/C13H22N4S/c1-3-10-8-16-7-5-6-11(16)9-17(10)13-14-12(4-2)15-18-13/h10-11H,3-9H2,1-2H3. The molecule has 4 nitrogen and oxygen atoms in total. The lowest BCUT2D eigenvalue weighted by molar-refractivity contribution is 0.194. The van der Waals surface area contributed by atoms with Crippen LogP contribution in [0.2, 0.25) is 0 Å². The Labute approximate surface area is 113 Å². The summed E-state index contributed by atoms with van der Waals surface area (Å²) in [6.45, 7) is 8.07. The van der Waals surface area contributed by atoms with Crippen molar-refractivity contribution in [3.8, 4) is 0 Å². The maximum absolute atomic E-state index is 4.68. The van der Waals surface area contributed by atoms with Gasteiger partial charge < -0.3 is 4.90 Å². The van der Waals surface area contributed by atoms with E-state index in [0.29, 0.717) is 6.04 Å². The second-order valence-electron chi connectivity index (χ2n) is 5.35. The first kappa shape index (κ1) is 12.4. The molecule has 0 radical (unpaired) electrons. The number of nitrogens with zero attached hydrogens (tertiary/aromatic N) is 4. The Hall–Kier alpha value is -0.680. The number of anilines is 1. The van der Waals surface area contributed by atoms with Crippen LogP contribution in [-0.2, 0) is 6.42 Å². The Morgan fingerprint density at radius 1 is 1.33 bits per heavy atom. The molecule has 0 aliphatic carbocycles. The van der Waals surface area contributed by atoms with Crippen LogP contribution >= 0.6 is 11.5 Å². The van der Waals surface area contributed by atoms with Gasteiger partial charge >= 0.3 is 0 Å². The van der Waals surface area contributed by atoms with Gasteiger partial charge in [-0.15, -0.1) is 0 Å². The van der Waals surface area contributed by atoms with Gasteiger partial charge in [-0.3, -0.25) is 4.90 Å². The molecule has 5 heteroatoms. The summed E-state index contributed by atoms with van der Waals surface area (Å²) in [7, 11) is 0. The van der Waals surface area contributed by atoms with Crippen molar-refractivity contribution in [2.45, 2.75) is 51.6 Å². The maximum atomic E-state index is 4.68. The predicted molar refractivity (Wildman–Crippen MR) is 75.3 cm³/mol. The highest BCUT2D eigenvalue weighted by Gasteiger charge is 2.36. The molecular weight excluding hydrogens is 244 g/mol. The highest BCUT2D eigenvalue weighted by atomic mass is 32.1. The number of aromatic nitrogens is 2. The van der Waals surface area contributed by atoms with Crippen LogP contribution in [-0.4, -0.2) is 46.0 Å². The molecule has 2 unspecified atom stereocenters. The minimum Gasteiger partial charge on any atom is -0.341 e. The van der Waals surface area contributed by atoms with Crippen LogP contribution in [0.5, 0.6) is 0 Å². The monoisotopic (exact) mass is 266 g/mol. The van der Waals surface area contributed by atoms with E-state index >= 15 is 0 Å². The third kappa shape index (κ3) is 2.14. The van der Waals surface area contributed by atoms with E-state index in [4.69, 9.17) is 0 Å². The lowest BCUT2D eigenvalue weighted by Crippen LogP contribution is -2.56. The van der Waals surface area contributed by atoms with Crippen molar-refractivity contribution in [1.82, 2.24) is 14.3 Å². The Morgan fingerprint density at radius 3 is 2.94 bits per heavy atom. The summed E-state index contributed by atoms with van der Waals surface area (Å²) in [5.74, 6) is 0.999. The van der Waals surface area contributed by atoms with Crippen LogP contribution in [0.15, 0.2) is 0 Å². The van der Waals surface area contributed by atoms with Crippen molar-refractivity contribution < 1.29 is 0 Å². The summed E-state index contributed by atoms with van der Waals surface area (Å²) in [6, 6.07) is 1.37. The number of fused-ring (bicyclic) bond motifs is 1. The van der Waals surface area contributed by atoms with Gasteiger partial charge in [0.15, 0.2) is 0 Å². The van der Waals surface area contributed by atoms with Crippen molar-refractivity contribution >= 4 is 16.7 Å². The second kappa shape index (κ2) is 5.13. The second-order valence-corrected chi connectivity index (χ2v) is 6.08. The van der Waals surface area contributed by atoms with E-state index in [1.807, 2.05) is 0 Å². The van der Waals surface area contributed by atoms with Crippen LogP contribution < -0.4 is 4.90 Å². The number of piperazine rings is 1. The molecule has 1 aromatic heterocycles. The first-order valence-corrected chi connectivity index (χ1v) is 7.92. The average Bonchev–Trinajstić information content (AvgIpc) is 3.05. The van der Waals surface area contributed by atoms with Crippen LogP contribution in [0.3, 0.4) is 0 Å². The van der Waals surface area contributed by atoms with Gasteiger partial charge in [-0.1, -0.05) is 13.8 Å². The van der Waals surface area contributed by atoms with E-state index in [2.05, 4.69) is 33.0 Å². The maximum Gasteiger partial charge on any atom is 0.205 e. The smallest absolute Gasteiger partial charge is 0.205 e. The predicted octanol–water partition coefficient (Wildman–Crippen LogP) is 2.16. The van der Waals surface area contributed by atoms with Crippen molar-refractivity contribution in [2.24, 2.45) is 0 Å². The van der Waals surface area contributed by atoms with Crippen LogP contribution in [0, 0.1) is 0 Å². The Balaban J connectivity index is 1.80. The average molecular weight is 266 g/mol. The van der Waals surface area contributed by atoms with Gasteiger partial charge in [0.2, 0.25) is 5.13 Å². The highest BCUT2D eigenvalue weighted by molar-refractivity contribution is 7.09. The lowest BCUT2D eigenvalue weighted by Gasteiger charge is -2.43. The summed E-state index contributed by atoms with van der Waals surface area (Å²) < 4.78 is 4.44. The largest absolute Gasteiger partial charge is 0.341 e. The molecule has 0 spiro atoms. The Morgan fingerprint density at radius 2 is 2.22 bits per heavy atom. The number of hydrogen-bond donors (Lipinski definition) is 0. The van der Waals surface area contributed by atoms with E-state index in [1.165, 1.54) is 32.4 Å². The summed E-state index contributed by atoms with van der Waals surface area (Å²) in [4.78, 5) is 9.87. The Bertz CT molecular complexity index is 405. The molecule has 0 saturated carbocycles. The third-order valence-corrected chi connectivity index (χ3v) is 5.07. The fourth-order valence-electron chi connectivity index (χ4n) is 3.18. The molecule has 0 aromatic carbocycles. The number of hydrogen-bond acceptors (Lipinski definition) is 5. The summed E-state index contributed by atoms with van der Waals surface area (Å²) >= 11 is 1.58. The number of aryl methyl sites for hydroxylation is 1. The topological polar surface area (TPSA) is 32.3 Å². The fraction of sp³-hybridized carbons (Fsp3) is 0.846. The molecule has 3 rings (SSSR count). The van der Waals surface area contributed by atoms with Crippen LogP contribution in [0.1, 0.15) is 38.9 Å². The quantitative estimate of drug-likeness (QED) is 0.839. The summed E-state index contributed by atoms with van der Waals surface area (Å²) in [6.07, 6.45) is 4.86. The SMILES string of the molecule is CCc1nsc(N2CC3CCCN3CC2CC)n1. The van der Waals surface area contributed by atoms with Gasteiger partial charge in [0.25, 0.3) is 0 Å². The zero-order chi connectivity index (χ0) is 12.5. The van der Waals surface area contributed by atoms with E-state index in [0.717, 1.165) is 30.0 Å². The molecule has 3 heterocycles. The summed E-state index contributed by atoms with van der Waals surface area (Å²) in [5.41, 5.74) is 0. The third-order valence-electron chi connectivity index (χ3n) is 4.28. The van der Waals surface area contributed by atoms with E-state index in [9.17, 15) is 0 Å². The van der Waals surface area contributed by atoms with E-state index < -0.39 is 0 Å². The molecule has 1 aromatic rings.